The number of ether oxygens (including phenoxy) is 1. The number of nitrogens with zero attached hydrogens (tertiary/aromatic N) is 2. The molecule has 1 rings (SSSR count). The Morgan fingerprint density at radius 2 is 2.20 bits per heavy atom. The smallest absolute Gasteiger partial charge is 0.341 e. The van der Waals surface area contributed by atoms with Crippen LogP contribution in [0.1, 0.15) is 21.9 Å². The van der Waals surface area contributed by atoms with Crippen LogP contribution in [0.2, 0.25) is 0 Å². The van der Waals surface area contributed by atoms with Gasteiger partial charge in [0, 0.05) is 13.5 Å². The van der Waals surface area contributed by atoms with Crippen LogP contribution in [0.5, 0.6) is 0 Å². The van der Waals surface area contributed by atoms with Crippen LogP contribution in [0, 0.1) is 6.92 Å². The molecule has 0 aliphatic carbocycles. The number of carboxylic acids is 1. The summed E-state index contributed by atoms with van der Waals surface area (Å²) in [7, 11) is 1.57. The van der Waals surface area contributed by atoms with Crippen molar-refractivity contribution in [3.05, 3.63) is 17.1 Å². The number of aromatic nitrogens is 2. The summed E-state index contributed by atoms with van der Waals surface area (Å²) >= 11 is 0. The number of nitrogen functional groups attached to an aromatic ring is 1. The molecule has 1 heterocycles. The van der Waals surface area contributed by atoms with Crippen molar-refractivity contribution < 1.29 is 14.6 Å². The van der Waals surface area contributed by atoms with Gasteiger partial charge in [0.25, 0.3) is 0 Å². The highest BCUT2D eigenvalue weighted by Gasteiger charge is 2.15. The molecule has 0 amide bonds. The molecule has 0 radical (unpaired) electrons. The highest BCUT2D eigenvalue weighted by atomic mass is 16.5. The monoisotopic (exact) mass is 211 g/mol. The molecule has 0 aliphatic heterocycles. The Morgan fingerprint density at radius 3 is 2.67 bits per heavy atom. The lowest BCUT2D eigenvalue weighted by molar-refractivity contribution is 0.0696. The third kappa shape index (κ3) is 2.63. The summed E-state index contributed by atoms with van der Waals surface area (Å²) in [6.07, 6.45) is 0.515. The van der Waals surface area contributed by atoms with Crippen molar-refractivity contribution in [2.45, 2.75) is 13.3 Å². The molecule has 6 heteroatoms. The summed E-state index contributed by atoms with van der Waals surface area (Å²) in [4.78, 5) is 18.7. The lowest BCUT2D eigenvalue weighted by Gasteiger charge is -2.06. The van der Waals surface area contributed by atoms with Gasteiger partial charge >= 0.3 is 5.97 Å². The van der Waals surface area contributed by atoms with E-state index in [0.29, 0.717) is 24.5 Å². The van der Waals surface area contributed by atoms with Gasteiger partial charge in [-0.15, -0.1) is 0 Å². The van der Waals surface area contributed by atoms with Crippen LogP contribution in [0.3, 0.4) is 0 Å². The summed E-state index contributed by atoms with van der Waals surface area (Å²) in [6, 6.07) is 0. The fourth-order valence-corrected chi connectivity index (χ4v) is 1.22. The Kier molecular flexibility index (Phi) is 3.56. The maximum Gasteiger partial charge on any atom is 0.341 e. The molecular formula is C9H13N3O3. The normalized spacial score (nSPS) is 10.3. The maximum absolute atomic E-state index is 10.8. The third-order valence-corrected chi connectivity index (χ3v) is 1.91. The Bertz CT molecular complexity index is 356. The van der Waals surface area contributed by atoms with Crippen LogP contribution in [-0.4, -0.2) is 34.8 Å². The second-order valence-corrected chi connectivity index (χ2v) is 3.03. The number of aryl methyl sites for hydroxylation is 1. The van der Waals surface area contributed by atoms with Gasteiger partial charge in [-0.2, -0.15) is 0 Å². The predicted molar refractivity (Wildman–Crippen MR) is 53.7 cm³/mol. The lowest BCUT2D eigenvalue weighted by Crippen LogP contribution is -2.12. The Morgan fingerprint density at radius 1 is 1.53 bits per heavy atom. The zero-order valence-electron chi connectivity index (χ0n) is 8.65. The molecule has 15 heavy (non-hydrogen) atoms. The van der Waals surface area contributed by atoms with Crippen LogP contribution < -0.4 is 5.73 Å². The fourth-order valence-electron chi connectivity index (χ4n) is 1.22. The molecule has 0 saturated carbocycles. The molecule has 0 saturated heterocycles. The molecule has 0 unspecified atom stereocenters. The van der Waals surface area contributed by atoms with Gasteiger partial charge < -0.3 is 15.6 Å². The summed E-state index contributed by atoms with van der Waals surface area (Å²) < 4.78 is 4.87. The summed E-state index contributed by atoms with van der Waals surface area (Å²) in [5.74, 6) is -0.610. The van der Waals surface area contributed by atoms with E-state index in [1.807, 2.05) is 0 Å². The first-order chi connectivity index (χ1) is 7.06. The lowest BCUT2D eigenvalue weighted by atomic mass is 10.2. The van der Waals surface area contributed by atoms with E-state index >= 15 is 0 Å². The van der Waals surface area contributed by atoms with Crippen molar-refractivity contribution in [1.29, 1.82) is 0 Å². The van der Waals surface area contributed by atoms with Crippen LogP contribution >= 0.6 is 0 Å². The molecule has 3 N–H and O–H groups in total. The maximum atomic E-state index is 10.8. The average molecular weight is 211 g/mol. The minimum Gasteiger partial charge on any atom is -0.477 e. The van der Waals surface area contributed by atoms with Crippen molar-refractivity contribution in [2.24, 2.45) is 0 Å². The molecule has 0 aliphatic rings. The average Bonchev–Trinajstić information content (AvgIpc) is 2.12. The SMILES string of the molecule is COCCc1nc(C)c(C(=O)O)c(N)n1. The number of aromatic carboxylic acids is 1. The molecule has 0 aromatic carbocycles. The first-order valence-electron chi connectivity index (χ1n) is 4.41. The zero-order chi connectivity index (χ0) is 11.4. The van der Waals surface area contributed by atoms with Gasteiger partial charge in [-0.1, -0.05) is 0 Å². The van der Waals surface area contributed by atoms with Crippen LogP contribution in [0.4, 0.5) is 5.82 Å². The van der Waals surface area contributed by atoms with Gasteiger partial charge in [0.1, 0.15) is 17.2 Å². The number of hydrogen-bond acceptors (Lipinski definition) is 5. The van der Waals surface area contributed by atoms with E-state index in [4.69, 9.17) is 15.6 Å². The minimum atomic E-state index is -1.11. The van der Waals surface area contributed by atoms with Crippen molar-refractivity contribution >= 4 is 11.8 Å². The fraction of sp³-hybridized carbons (Fsp3) is 0.444. The minimum absolute atomic E-state index is 0.00102. The molecule has 0 bridgehead atoms. The highest BCUT2D eigenvalue weighted by Crippen LogP contribution is 2.12. The van der Waals surface area contributed by atoms with E-state index in [9.17, 15) is 4.79 Å². The third-order valence-electron chi connectivity index (χ3n) is 1.91. The Balaban J connectivity index is 3.03. The summed E-state index contributed by atoms with van der Waals surface area (Å²) in [5.41, 5.74) is 5.87. The van der Waals surface area contributed by atoms with Crippen LogP contribution in [-0.2, 0) is 11.2 Å². The van der Waals surface area contributed by atoms with Crippen LogP contribution in [0.15, 0.2) is 0 Å². The second-order valence-electron chi connectivity index (χ2n) is 3.03. The second kappa shape index (κ2) is 4.70. The van der Waals surface area contributed by atoms with Gasteiger partial charge in [0.15, 0.2) is 0 Å². The highest BCUT2D eigenvalue weighted by molar-refractivity contribution is 5.93. The Hall–Kier alpha value is -1.69. The molecule has 1 aromatic heterocycles. The van der Waals surface area contributed by atoms with E-state index in [-0.39, 0.29) is 11.4 Å². The first kappa shape index (κ1) is 11.4. The van der Waals surface area contributed by atoms with E-state index in [2.05, 4.69) is 9.97 Å². The molecular weight excluding hydrogens is 198 g/mol. The summed E-state index contributed by atoms with van der Waals surface area (Å²) in [6.45, 7) is 2.07. The number of nitrogens with two attached hydrogens (primary N) is 1. The quantitative estimate of drug-likeness (QED) is 0.740. The van der Waals surface area contributed by atoms with Crippen molar-refractivity contribution in [3.63, 3.8) is 0 Å². The van der Waals surface area contributed by atoms with Crippen LogP contribution in [0.25, 0.3) is 0 Å². The topological polar surface area (TPSA) is 98.3 Å². The predicted octanol–water partition coefficient (Wildman–Crippen LogP) is 0.254. The van der Waals surface area contributed by atoms with Gasteiger partial charge in [0.2, 0.25) is 0 Å². The summed E-state index contributed by atoms with van der Waals surface area (Å²) in [5, 5.41) is 8.83. The standard InChI is InChI=1S/C9H13N3O3/c1-5-7(9(13)14)8(10)12-6(11-5)3-4-15-2/h3-4H2,1-2H3,(H,13,14)(H2,10,11,12). The van der Waals surface area contributed by atoms with E-state index in [1.54, 1.807) is 14.0 Å². The van der Waals surface area contributed by atoms with E-state index in [0.717, 1.165) is 0 Å². The van der Waals surface area contributed by atoms with E-state index in [1.165, 1.54) is 0 Å². The number of carbonyl (C=O) groups is 1. The van der Waals surface area contributed by atoms with Gasteiger partial charge in [-0.25, -0.2) is 14.8 Å². The van der Waals surface area contributed by atoms with Crippen molar-refractivity contribution in [2.75, 3.05) is 19.5 Å². The van der Waals surface area contributed by atoms with Crippen molar-refractivity contribution in [3.8, 4) is 0 Å². The molecule has 0 atom stereocenters. The largest absolute Gasteiger partial charge is 0.477 e. The number of anilines is 1. The number of rotatable bonds is 4. The first-order valence-corrected chi connectivity index (χ1v) is 4.41. The Labute approximate surface area is 87.1 Å². The number of carboxylic acid groups (broad SMARTS) is 1. The zero-order valence-corrected chi connectivity index (χ0v) is 8.65. The van der Waals surface area contributed by atoms with E-state index < -0.39 is 5.97 Å². The van der Waals surface area contributed by atoms with Gasteiger partial charge in [-0.3, -0.25) is 0 Å². The number of hydrogen-bond donors (Lipinski definition) is 2. The van der Waals surface area contributed by atoms with Gasteiger partial charge in [0.05, 0.1) is 12.3 Å². The molecule has 82 valence electrons. The molecule has 6 nitrogen and oxygen atoms in total. The molecule has 1 aromatic rings. The van der Waals surface area contributed by atoms with Crippen molar-refractivity contribution in [1.82, 2.24) is 9.97 Å². The molecule has 0 fully saturated rings. The number of methoxy groups -OCH3 is 1. The molecule has 0 spiro atoms. The van der Waals surface area contributed by atoms with Gasteiger partial charge in [-0.05, 0) is 6.92 Å².